The molecule has 0 aliphatic carbocycles. The van der Waals surface area contributed by atoms with Gasteiger partial charge in [-0.3, -0.25) is 20.0 Å². The number of nitro benzene ring substituents is 1. The molecule has 0 spiro atoms. The average Bonchev–Trinajstić information content (AvgIpc) is 3.37. The zero-order valence-corrected chi connectivity index (χ0v) is 16.9. The third-order valence-electron chi connectivity index (χ3n) is 4.26. The van der Waals surface area contributed by atoms with Gasteiger partial charge in [0.15, 0.2) is 5.69 Å². The minimum Gasteiger partial charge on any atom is -0.496 e. The normalized spacial score (nSPS) is 11.6. The Kier molecular flexibility index (Phi) is 5.67. The van der Waals surface area contributed by atoms with Crippen molar-refractivity contribution in [2.75, 3.05) is 7.11 Å². The smallest absolute Gasteiger partial charge is 0.291 e. The average molecular weight is 411 g/mol. The van der Waals surface area contributed by atoms with Crippen LogP contribution in [0.2, 0.25) is 0 Å². The van der Waals surface area contributed by atoms with Crippen molar-refractivity contribution in [3.63, 3.8) is 0 Å². The van der Waals surface area contributed by atoms with Crippen molar-refractivity contribution in [3.05, 3.63) is 63.7 Å². The van der Waals surface area contributed by atoms with Crippen LogP contribution in [0.5, 0.6) is 5.75 Å². The van der Waals surface area contributed by atoms with Gasteiger partial charge in [0, 0.05) is 17.2 Å². The number of aromatic nitrogens is 2. The van der Waals surface area contributed by atoms with Crippen molar-refractivity contribution in [3.8, 4) is 17.1 Å². The van der Waals surface area contributed by atoms with E-state index in [0.717, 1.165) is 5.69 Å². The number of non-ortho nitro benzene ring substituents is 1. The number of amides is 1. The first-order valence-electron chi connectivity index (χ1n) is 9.01. The molecule has 10 nitrogen and oxygen atoms in total. The fourth-order valence-electron chi connectivity index (χ4n) is 2.60. The highest BCUT2D eigenvalue weighted by Gasteiger charge is 2.19. The third kappa shape index (κ3) is 4.54. The second-order valence-corrected chi connectivity index (χ2v) is 7.46. The molecular weight excluding hydrogens is 390 g/mol. The number of furan rings is 1. The first kappa shape index (κ1) is 20.8. The van der Waals surface area contributed by atoms with E-state index in [4.69, 9.17) is 9.15 Å². The first-order chi connectivity index (χ1) is 14.2. The van der Waals surface area contributed by atoms with E-state index in [2.05, 4.69) is 20.7 Å². The number of nitrogens with zero attached hydrogens (tertiary/aromatic N) is 3. The summed E-state index contributed by atoms with van der Waals surface area (Å²) in [5.41, 5.74) is 3.77. The van der Waals surface area contributed by atoms with Crippen LogP contribution in [0.15, 0.2) is 45.9 Å². The molecule has 1 aromatic carbocycles. The molecule has 0 aliphatic rings. The maximum Gasteiger partial charge on any atom is 0.291 e. The van der Waals surface area contributed by atoms with Gasteiger partial charge < -0.3 is 9.15 Å². The molecule has 0 bridgehead atoms. The summed E-state index contributed by atoms with van der Waals surface area (Å²) >= 11 is 0. The molecule has 0 atom stereocenters. The summed E-state index contributed by atoms with van der Waals surface area (Å²) in [6, 6.07) is 9.24. The fraction of sp³-hybridized carbons (Fsp3) is 0.250. The quantitative estimate of drug-likeness (QED) is 0.361. The van der Waals surface area contributed by atoms with Crippen molar-refractivity contribution >= 4 is 17.8 Å². The van der Waals surface area contributed by atoms with Crippen molar-refractivity contribution in [2.45, 2.75) is 26.2 Å². The van der Waals surface area contributed by atoms with Crippen molar-refractivity contribution < 1.29 is 18.9 Å². The van der Waals surface area contributed by atoms with Crippen LogP contribution in [0.1, 0.15) is 42.7 Å². The maximum absolute atomic E-state index is 12.2. The molecule has 0 saturated heterocycles. The number of hydrazone groups is 1. The Hall–Kier alpha value is -3.95. The zero-order valence-electron chi connectivity index (χ0n) is 16.9. The Balaban J connectivity index is 1.70. The number of nitro groups is 1. The van der Waals surface area contributed by atoms with Crippen LogP contribution >= 0.6 is 0 Å². The summed E-state index contributed by atoms with van der Waals surface area (Å²) < 4.78 is 10.9. The van der Waals surface area contributed by atoms with Crippen LogP contribution < -0.4 is 10.2 Å². The number of carbonyl (C=O) groups excluding carboxylic acids is 1. The molecule has 0 saturated carbocycles. The monoisotopic (exact) mass is 411 g/mol. The van der Waals surface area contributed by atoms with Gasteiger partial charge in [0.2, 0.25) is 0 Å². The van der Waals surface area contributed by atoms with Gasteiger partial charge in [-0.2, -0.15) is 10.2 Å². The number of ether oxygens (including phenoxy) is 1. The molecule has 1 amide bonds. The molecule has 0 aliphatic heterocycles. The van der Waals surface area contributed by atoms with Gasteiger partial charge in [-0.15, -0.1) is 0 Å². The van der Waals surface area contributed by atoms with E-state index in [1.165, 1.54) is 25.5 Å². The van der Waals surface area contributed by atoms with Gasteiger partial charge in [-0.05, 0) is 24.3 Å². The van der Waals surface area contributed by atoms with Gasteiger partial charge in [-0.25, -0.2) is 5.43 Å². The summed E-state index contributed by atoms with van der Waals surface area (Å²) in [7, 11) is 1.42. The molecule has 2 N–H and O–H groups in total. The number of hydrogen-bond donors (Lipinski definition) is 2. The molecule has 10 heteroatoms. The van der Waals surface area contributed by atoms with Crippen molar-refractivity contribution in [2.24, 2.45) is 5.10 Å². The standard InChI is InChI=1S/C20H21N5O5/c1-20(2,3)18-10-15(22-23-18)19(26)24-21-11-13-6-8-16(30-13)14-7-5-12(25(27)28)9-17(14)29-4/h5-11H,1-4H3,(H,22,23)(H,24,26)/b21-11+. The second kappa shape index (κ2) is 8.19. The summed E-state index contributed by atoms with van der Waals surface area (Å²) in [5.74, 6) is 0.671. The van der Waals surface area contributed by atoms with E-state index < -0.39 is 10.8 Å². The molecule has 30 heavy (non-hydrogen) atoms. The van der Waals surface area contributed by atoms with Crippen LogP contribution in [-0.2, 0) is 5.41 Å². The molecule has 0 unspecified atom stereocenters. The number of methoxy groups -OCH3 is 1. The number of nitrogens with one attached hydrogen (secondary N) is 2. The highest BCUT2D eigenvalue weighted by atomic mass is 16.6. The van der Waals surface area contributed by atoms with Crippen molar-refractivity contribution in [1.29, 1.82) is 0 Å². The van der Waals surface area contributed by atoms with Crippen molar-refractivity contribution in [1.82, 2.24) is 15.6 Å². The zero-order chi connectivity index (χ0) is 21.9. The molecule has 0 radical (unpaired) electrons. The summed E-state index contributed by atoms with van der Waals surface area (Å²) in [4.78, 5) is 22.6. The Bertz CT molecular complexity index is 1110. The predicted molar refractivity (Wildman–Crippen MR) is 110 cm³/mol. The van der Waals surface area contributed by atoms with Crippen LogP contribution in [0, 0.1) is 10.1 Å². The molecule has 2 aromatic heterocycles. The Labute approximate surface area is 172 Å². The number of aromatic amines is 1. The topological polar surface area (TPSA) is 136 Å². The summed E-state index contributed by atoms with van der Waals surface area (Å²) in [6.07, 6.45) is 1.34. The van der Waals surface area contributed by atoms with E-state index >= 15 is 0 Å². The largest absolute Gasteiger partial charge is 0.496 e. The SMILES string of the molecule is COc1cc([N+](=O)[O-])ccc1-c1ccc(/C=N/NC(=O)c2cc(C(C)(C)C)[nH]n2)o1. The van der Waals surface area contributed by atoms with E-state index in [0.29, 0.717) is 22.8 Å². The highest BCUT2D eigenvalue weighted by molar-refractivity contribution is 5.93. The molecule has 3 rings (SSSR count). The van der Waals surface area contributed by atoms with E-state index in [-0.39, 0.29) is 16.8 Å². The van der Waals surface area contributed by atoms with Crippen LogP contribution in [0.3, 0.4) is 0 Å². The minimum absolute atomic E-state index is 0.0837. The van der Waals surface area contributed by atoms with Gasteiger partial charge in [0.05, 0.1) is 29.9 Å². The van der Waals surface area contributed by atoms with E-state index in [9.17, 15) is 14.9 Å². The lowest BCUT2D eigenvalue weighted by Crippen LogP contribution is -2.18. The number of hydrogen-bond acceptors (Lipinski definition) is 7. The van der Waals surface area contributed by atoms with Gasteiger partial charge in [0.25, 0.3) is 11.6 Å². The second-order valence-electron chi connectivity index (χ2n) is 7.46. The van der Waals surface area contributed by atoms with E-state index in [1.54, 1.807) is 24.3 Å². The van der Waals surface area contributed by atoms with Crippen LogP contribution in [0.4, 0.5) is 5.69 Å². The molecule has 0 fully saturated rings. The number of H-pyrrole nitrogens is 1. The molecule has 2 heterocycles. The van der Waals surface area contributed by atoms with Gasteiger partial charge >= 0.3 is 0 Å². The lowest BCUT2D eigenvalue weighted by Gasteiger charge is -2.14. The molecule has 3 aromatic rings. The maximum atomic E-state index is 12.2. The minimum atomic E-state index is -0.501. The fourth-order valence-corrected chi connectivity index (χ4v) is 2.60. The summed E-state index contributed by atoms with van der Waals surface area (Å²) in [6.45, 7) is 6.03. The van der Waals surface area contributed by atoms with Crippen LogP contribution in [-0.4, -0.2) is 34.4 Å². The summed E-state index contributed by atoms with van der Waals surface area (Å²) in [5, 5.41) is 21.6. The molecular formula is C20H21N5O5. The Morgan fingerprint density at radius 1 is 1.30 bits per heavy atom. The predicted octanol–water partition coefficient (Wildman–Crippen LogP) is 3.65. The highest BCUT2D eigenvalue weighted by Crippen LogP contribution is 2.34. The van der Waals surface area contributed by atoms with Crippen LogP contribution in [0.25, 0.3) is 11.3 Å². The van der Waals surface area contributed by atoms with E-state index in [1.807, 2.05) is 20.8 Å². The van der Waals surface area contributed by atoms with Gasteiger partial charge in [0.1, 0.15) is 17.3 Å². The third-order valence-corrected chi connectivity index (χ3v) is 4.26. The first-order valence-corrected chi connectivity index (χ1v) is 9.01. The molecule has 156 valence electrons. The van der Waals surface area contributed by atoms with Gasteiger partial charge in [-0.1, -0.05) is 20.8 Å². The number of benzene rings is 1. The lowest BCUT2D eigenvalue weighted by atomic mass is 9.92. The Morgan fingerprint density at radius 3 is 2.70 bits per heavy atom. The number of carbonyl (C=O) groups is 1. The Morgan fingerprint density at radius 2 is 2.07 bits per heavy atom. The number of rotatable bonds is 6. The lowest BCUT2D eigenvalue weighted by molar-refractivity contribution is -0.384.